The maximum absolute atomic E-state index is 12.7. The van der Waals surface area contributed by atoms with Crippen molar-refractivity contribution in [1.29, 1.82) is 0 Å². The molecule has 40 heavy (non-hydrogen) atoms. The molecule has 9 nitrogen and oxygen atoms in total. The van der Waals surface area contributed by atoms with Gasteiger partial charge in [-0.2, -0.15) is 0 Å². The Kier molecular flexibility index (Phi) is 7.10. The molecule has 210 valence electrons. The molecule has 1 aromatic heterocycles. The second-order valence-electron chi connectivity index (χ2n) is 12.1. The van der Waals surface area contributed by atoms with Crippen molar-refractivity contribution >= 4 is 23.3 Å². The molecule has 0 saturated heterocycles. The highest BCUT2D eigenvalue weighted by atomic mass is 16.3. The number of carbonyl (C=O) groups excluding carboxylic acids is 2. The third-order valence-electron chi connectivity index (χ3n) is 9.06. The van der Waals surface area contributed by atoms with Gasteiger partial charge in [0.1, 0.15) is 0 Å². The molecule has 5 N–H and O–H groups in total. The average molecular weight is 543 g/mol. The number of hydrogen-bond acceptors (Lipinski definition) is 5. The standard InChI is InChI=1S/C31H38N6O3/c1-19-11-21-12-24(35-36-30(40)34-23-9-7-22(8-10-23)33-20(2)38)16-31(14-19,15-21)29(39)13-27-25-5-3-4-6-26(25)28-17-32-18-37(27)28/h3-10,17-19,21,24,27,29,35,39H,11-16H2,1-2H3,(H,33,38)(H2,34,36,40). The zero-order valence-electron chi connectivity index (χ0n) is 23.1. The van der Waals surface area contributed by atoms with Crippen LogP contribution >= 0.6 is 0 Å². The van der Waals surface area contributed by atoms with E-state index in [1.165, 1.54) is 18.1 Å². The number of benzene rings is 2. The third-order valence-corrected chi connectivity index (χ3v) is 9.06. The number of rotatable bonds is 7. The lowest BCUT2D eigenvalue weighted by Crippen LogP contribution is -2.55. The molecule has 2 saturated carbocycles. The Labute approximate surface area is 234 Å². The normalized spacial score (nSPS) is 27.3. The van der Waals surface area contributed by atoms with Crippen LogP contribution in [-0.2, 0) is 4.79 Å². The number of aromatic nitrogens is 2. The van der Waals surface area contributed by atoms with E-state index in [0.717, 1.165) is 37.8 Å². The van der Waals surface area contributed by atoms with E-state index >= 15 is 0 Å². The number of imidazole rings is 1. The lowest BCUT2D eigenvalue weighted by atomic mass is 9.55. The number of carbonyl (C=O) groups is 2. The third kappa shape index (κ3) is 5.23. The van der Waals surface area contributed by atoms with Crippen molar-refractivity contribution in [2.24, 2.45) is 17.3 Å². The minimum atomic E-state index is -0.468. The zero-order chi connectivity index (χ0) is 27.9. The van der Waals surface area contributed by atoms with Gasteiger partial charge in [0.15, 0.2) is 0 Å². The van der Waals surface area contributed by atoms with E-state index in [9.17, 15) is 14.7 Å². The Morgan fingerprint density at radius 3 is 2.58 bits per heavy atom. The van der Waals surface area contributed by atoms with Crippen LogP contribution in [0.2, 0.25) is 0 Å². The Bertz CT molecular complexity index is 1380. The van der Waals surface area contributed by atoms with Gasteiger partial charge in [-0.3, -0.25) is 10.2 Å². The number of anilines is 2. The van der Waals surface area contributed by atoms with E-state index < -0.39 is 6.10 Å². The maximum atomic E-state index is 12.7. The van der Waals surface area contributed by atoms with E-state index in [0.29, 0.717) is 29.6 Å². The molecule has 2 aliphatic carbocycles. The smallest absolute Gasteiger partial charge is 0.333 e. The van der Waals surface area contributed by atoms with Gasteiger partial charge < -0.3 is 20.3 Å². The van der Waals surface area contributed by atoms with Crippen LogP contribution in [-0.4, -0.2) is 38.7 Å². The molecule has 2 fully saturated rings. The summed E-state index contributed by atoms with van der Waals surface area (Å²) in [5.41, 5.74) is 10.8. The number of fused-ring (bicyclic) bond motifs is 5. The number of aliphatic hydroxyl groups is 1. The second kappa shape index (κ2) is 10.7. The molecule has 3 amide bonds. The lowest BCUT2D eigenvalue weighted by Gasteiger charge is -2.53. The number of nitrogens with zero attached hydrogens (tertiary/aromatic N) is 2. The molecule has 6 rings (SSSR count). The summed E-state index contributed by atoms with van der Waals surface area (Å²) in [4.78, 5) is 28.3. The van der Waals surface area contributed by atoms with Crippen molar-refractivity contribution in [2.75, 3.05) is 10.6 Å². The number of amides is 3. The first kappa shape index (κ1) is 26.5. The summed E-state index contributed by atoms with van der Waals surface area (Å²) < 4.78 is 2.21. The summed E-state index contributed by atoms with van der Waals surface area (Å²) in [5, 5.41) is 17.5. The molecule has 3 aliphatic rings. The average Bonchev–Trinajstić information content (AvgIpc) is 3.50. The Morgan fingerprint density at radius 1 is 1.05 bits per heavy atom. The van der Waals surface area contributed by atoms with Crippen LogP contribution in [0.5, 0.6) is 0 Å². The number of hydrazine groups is 1. The van der Waals surface area contributed by atoms with Gasteiger partial charge >= 0.3 is 6.03 Å². The molecule has 0 radical (unpaired) electrons. The summed E-state index contributed by atoms with van der Waals surface area (Å²) in [6.07, 6.45) is 8.93. The molecular formula is C31H38N6O3. The monoisotopic (exact) mass is 542 g/mol. The van der Waals surface area contributed by atoms with Gasteiger partial charge in [0.05, 0.1) is 30.4 Å². The number of aliphatic hydroxyl groups excluding tert-OH is 1. The van der Waals surface area contributed by atoms with Gasteiger partial charge in [-0.05, 0) is 85.6 Å². The van der Waals surface area contributed by atoms with Crippen LogP contribution in [0.25, 0.3) is 11.3 Å². The summed E-state index contributed by atoms with van der Waals surface area (Å²) in [6.45, 7) is 3.76. The van der Waals surface area contributed by atoms with Crippen LogP contribution < -0.4 is 21.5 Å². The fraction of sp³-hybridized carbons (Fsp3) is 0.452. The second-order valence-corrected chi connectivity index (χ2v) is 12.1. The fourth-order valence-corrected chi connectivity index (χ4v) is 7.73. The first-order valence-corrected chi connectivity index (χ1v) is 14.3. The highest BCUT2D eigenvalue weighted by Crippen LogP contribution is 2.55. The van der Waals surface area contributed by atoms with E-state index in [2.05, 4.69) is 62.2 Å². The van der Waals surface area contributed by atoms with Crippen LogP contribution in [0.4, 0.5) is 16.2 Å². The van der Waals surface area contributed by atoms with Crippen molar-refractivity contribution in [2.45, 2.75) is 70.6 Å². The molecular weight excluding hydrogens is 504 g/mol. The van der Waals surface area contributed by atoms with Crippen molar-refractivity contribution < 1.29 is 14.7 Å². The topological polar surface area (TPSA) is 120 Å². The quantitative estimate of drug-likeness (QED) is 0.267. The van der Waals surface area contributed by atoms with Gasteiger partial charge in [-0.25, -0.2) is 15.2 Å². The molecule has 3 aromatic rings. The minimum absolute atomic E-state index is 0.0723. The Hall–Kier alpha value is -3.69. The van der Waals surface area contributed by atoms with Gasteiger partial charge in [-0.1, -0.05) is 31.2 Å². The predicted octanol–water partition coefficient (Wildman–Crippen LogP) is 5.07. The van der Waals surface area contributed by atoms with Gasteiger partial charge in [0.25, 0.3) is 0 Å². The minimum Gasteiger partial charge on any atom is -0.392 e. The largest absolute Gasteiger partial charge is 0.392 e. The van der Waals surface area contributed by atoms with E-state index in [1.807, 2.05) is 12.5 Å². The van der Waals surface area contributed by atoms with Gasteiger partial charge in [0.2, 0.25) is 5.91 Å². The Balaban J connectivity index is 1.11. The number of hydrogen-bond donors (Lipinski definition) is 5. The fourth-order valence-electron chi connectivity index (χ4n) is 7.73. The summed E-state index contributed by atoms with van der Waals surface area (Å²) in [5.74, 6) is 0.929. The van der Waals surface area contributed by atoms with Gasteiger partial charge in [-0.15, -0.1) is 0 Å². The van der Waals surface area contributed by atoms with Crippen molar-refractivity contribution in [1.82, 2.24) is 20.4 Å². The lowest BCUT2D eigenvalue weighted by molar-refractivity contribution is -0.114. The zero-order valence-corrected chi connectivity index (χ0v) is 23.1. The first-order valence-electron chi connectivity index (χ1n) is 14.3. The maximum Gasteiger partial charge on any atom is 0.333 e. The molecule has 9 heteroatoms. The van der Waals surface area contributed by atoms with Crippen LogP contribution in [0.15, 0.2) is 61.1 Å². The van der Waals surface area contributed by atoms with Crippen LogP contribution in [0.3, 0.4) is 0 Å². The highest BCUT2D eigenvalue weighted by molar-refractivity contribution is 5.91. The van der Waals surface area contributed by atoms with E-state index in [1.54, 1.807) is 24.3 Å². The van der Waals surface area contributed by atoms with Crippen molar-refractivity contribution in [3.8, 4) is 11.3 Å². The predicted molar refractivity (Wildman–Crippen MR) is 154 cm³/mol. The van der Waals surface area contributed by atoms with Crippen molar-refractivity contribution in [3.63, 3.8) is 0 Å². The van der Waals surface area contributed by atoms with E-state index in [-0.39, 0.29) is 29.4 Å². The molecule has 2 aromatic carbocycles. The highest BCUT2D eigenvalue weighted by Gasteiger charge is 2.50. The van der Waals surface area contributed by atoms with E-state index in [4.69, 9.17) is 0 Å². The summed E-state index contributed by atoms with van der Waals surface area (Å²) in [7, 11) is 0. The molecule has 6 unspecified atom stereocenters. The summed E-state index contributed by atoms with van der Waals surface area (Å²) >= 11 is 0. The van der Waals surface area contributed by atoms with Crippen molar-refractivity contribution in [3.05, 3.63) is 66.6 Å². The van der Waals surface area contributed by atoms with Gasteiger partial charge in [0, 0.05) is 29.9 Å². The SMILES string of the molecule is CC(=O)Nc1ccc(NC(=O)NNC2CC3CC(C)CC(C(O)CC4c5ccccc5-c5cncn54)(C3)C2)cc1. The molecule has 0 spiro atoms. The molecule has 2 heterocycles. The molecule has 1 aliphatic heterocycles. The first-order chi connectivity index (χ1) is 19.3. The molecule has 6 atom stereocenters. The number of urea groups is 1. The van der Waals surface area contributed by atoms with Crippen LogP contribution in [0.1, 0.15) is 64.0 Å². The van der Waals surface area contributed by atoms with Crippen LogP contribution in [0, 0.1) is 17.3 Å². The molecule has 2 bridgehead atoms. The Morgan fingerprint density at radius 2 is 1.80 bits per heavy atom. The number of nitrogens with one attached hydrogen (secondary N) is 4. The summed E-state index contributed by atoms with van der Waals surface area (Å²) in [6, 6.07) is 15.2.